The van der Waals surface area contributed by atoms with E-state index in [2.05, 4.69) is 11.7 Å². The molecule has 0 bridgehead atoms. The Morgan fingerprint density at radius 1 is 1.40 bits per heavy atom. The maximum absolute atomic E-state index is 10.0. The van der Waals surface area contributed by atoms with Crippen LogP contribution in [0.5, 0.6) is 0 Å². The van der Waals surface area contributed by atoms with Gasteiger partial charge in [0.15, 0.2) is 0 Å². The van der Waals surface area contributed by atoms with E-state index >= 15 is 0 Å². The van der Waals surface area contributed by atoms with Crippen molar-refractivity contribution in [3.63, 3.8) is 0 Å². The number of hydrogen-bond acceptors (Lipinski definition) is 3. The molecule has 0 aromatic rings. The van der Waals surface area contributed by atoms with Gasteiger partial charge in [-0.15, -0.1) is 11.7 Å². The average molecular weight is 180 g/mol. The Morgan fingerprint density at radius 3 is 2.60 bits per heavy atom. The molecule has 0 spiro atoms. The third-order valence-electron chi connectivity index (χ3n) is 1.13. The molecule has 10 heavy (non-hydrogen) atoms. The predicted molar refractivity (Wildman–Crippen MR) is 47.5 cm³/mol. The lowest BCUT2D eigenvalue weighted by atomic mass is 10.2. The first-order chi connectivity index (χ1) is 4.77. The van der Waals surface area contributed by atoms with Gasteiger partial charge in [-0.25, -0.2) is 0 Å². The summed E-state index contributed by atoms with van der Waals surface area (Å²) in [5, 5.41) is 8.25. The van der Waals surface area contributed by atoms with Crippen LogP contribution in [-0.2, 0) is 4.79 Å². The maximum atomic E-state index is 10.0. The number of carboxylic acids is 1. The smallest absolute Gasteiger partial charge is 0.303 e. The van der Waals surface area contributed by atoms with Crippen LogP contribution in [0.3, 0.4) is 0 Å². The fraction of sp³-hybridized carbons (Fsp3) is 0.833. The van der Waals surface area contributed by atoms with E-state index < -0.39 is 5.97 Å². The van der Waals surface area contributed by atoms with Gasteiger partial charge in [-0.2, -0.15) is 0 Å². The molecule has 0 saturated carbocycles. The van der Waals surface area contributed by atoms with Crippen molar-refractivity contribution in [3.8, 4) is 0 Å². The van der Waals surface area contributed by atoms with E-state index in [1.807, 2.05) is 0 Å². The van der Waals surface area contributed by atoms with E-state index in [0.717, 1.165) is 25.0 Å². The molecule has 0 aromatic heterocycles. The highest BCUT2D eigenvalue weighted by atomic mass is 33.1. The zero-order valence-corrected chi connectivity index (χ0v) is 7.46. The van der Waals surface area contributed by atoms with Crippen LogP contribution in [0.25, 0.3) is 0 Å². The summed E-state index contributed by atoms with van der Waals surface area (Å²) >= 11 is 3.96. The summed E-state index contributed by atoms with van der Waals surface area (Å²) in [6.07, 6.45) is 3.17. The van der Waals surface area contributed by atoms with Crippen LogP contribution in [0.2, 0.25) is 0 Å². The fourth-order valence-electron chi connectivity index (χ4n) is 0.620. The summed E-state index contributed by atoms with van der Waals surface area (Å²) in [6, 6.07) is 0. The molecule has 0 rings (SSSR count). The molecule has 0 aliphatic rings. The zero-order chi connectivity index (χ0) is 7.82. The van der Waals surface area contributed by atoms with Gasteiger partial charge >= 0.3 is 5.97 Å². The van der Waals surface area contributed by atoms with Gasteiger partial charge in [0, 0.05) is 12.2 Å². The van der Waals surface area contributed by atoms with Crippen molar-refractivity contribution in [1.29, 1.82) is 0 Å². The summed E-state index contributed by atoms with van der Waals surface area (Å²) in [5.41, 5.74) is 0. The van der Waals surface area contributed by atoms with Crippen LogP contribution in [0.1, 0.15) is 25.7 Å². The van der Waals surface area contributed by atoms with Crippen LogP contribution < -0.4 is 0 Å². The van der Waals surface area contributed by atoms with Crippen molar-refractivity contribution in [2.75, 3.05) is 5.75 Å². The van der Waals surface area contributed by atoms with Crippen LogP contribution >= 0.6 is 22.5 Å². The van der Waals surface area contributed by atoms with Crippen molar-refractivity contribution in [3.05, 3.63) is 0 Å². The molecule has 0 amide bonds. The topological polar surface area (TPSA) is 37.3 Å². The van der Waals surface area contributed by atoms with Crippen molar-refractivity contribution >= 4 is 28.4 Å². The minimum Gasteiger partial charge on any atom is -0.481 e. The number of hydrogen-bond donors (Lipinski definition) is 2. The van der Waals surface area contributed by atoms with Gasteiger partial charge in [-0.05, 0) is 12.8 Å². The van der Waals surface area contributed by atoms with Crippen molar-refractivity contribution in [2.45, 2.75) is 25.7 Å². The van der Waals surface area contributed by atoms with Crippen molar-refractivity contribution in [2.24, 2.45) is 0 Å². The van der Waals surface area contributed by atoms with Crippen LogP contribution in [0.15, 0.2) is 0 Å². The zero-order valence-electron chi connectivity index (χ0n) is 5.75. The molecule has 1 N–H and O–H groups in total. The van der Waals surface area contributed by atoms with Crippen molar-refractivity contribution < 1.29 is 9.90 Å². The van der Waals surface area contributed by atoms with E-state index in [4.69, 9.17) is 5.11 Å². The molecule has 0 unspecified atom stereocenters. The molecule has 0 atom stereocenters. The molecule has 60 valence electrons. The molecule has 2 nitrogen and oxygen atoms in total. The molecule has 0 aliphatic carbocycles. The molecule has 0 aromatic carbocycles. The summed E-state index contributed by atoms with van der Waals surface area (Å²) in [7, 11) is 1.51. The number of carbonyl (C=O) groups is 1. The van der Waals surface area contributed by atoms with Gasteiger partial charge in [-0.3, -0.25) is 4.79 Å². The minimum absolute atomic E-state index is 0.303. The Labute approximate surface area is 70.2 Å². The summed E-state index contributed by atoms with van der Waals surface area (Å²) in [5.74, 6) is 0.321. The van der Waals surface area contributed by atoms with Gasteiger partial charge in [0.25, 0.3) is 0 Å². The lowest BCUT2D eigenvalue weighted by Gasteiger charge is -1.94. The first-order valence-electron chi connectivity index (χ1n) is 3.25. The van der Waals surface area contributed by atoms with Gasteiger partial charge < -0.3 is 5.11 Å². The fourth-order valence-corrected chi connectivity index (χ4v) is 1.34. The van der Waals surface area contributed by atoms with Gasteiger partial charge in [0.1, 0.15) is 0 Å². The Bertz CT molecular complexity index is 95.7. The molecular formula is C6H12O2S2. The minimum atomic E-state index is -0.696. The average Bonchev–Trinajstić information content (AvgIpc) is 1.87. The Hall–Kier alpha value is 0.170. The van der Waals surface area contributed by atoms with E-state index in [1.165, 1.54) is 10.8 Å². The Balaban J connectivity index is 2.84. The largest absolute Gasteiger partial charge is 0.481 e. The normalized spacial score (nSPS) is 9.70. The molecule has 0 saturated heterocycles. The maximum Gasteiger partial charge on any atom is 0.303 e. The second kappa shape index (κ2) is 7.28. The monoisotopic (exact) mass is 180 g/mol. The lowest BCUT2D eigenvalue weighted by molar-refractivity contribution is -0.137. The predicted octanol–water partition coefficient (Wildman–Crippen LogP) is 2.21. The molecule has 4 heteroatoms. The number of rotatable bonds is 6. The van der Waals surface area contributed by atoms with E-state index in [9.17, 15) is 4.79 Å². The Kier molecular flexibility index (Phi) is 7.40. The standard InChI is InChI=1S/C6H12O2S2/c7-6(8)4-2-1-3-5-10-9/h9H,1-5H2,(H,7,8). The van der Waals surface area contributed by atoms with Crippen LogP contribution in [0, 0.1) is 0 Å². The highest BCUT2D eigenvalue weighted by Crippen LogP contribution is 2.09. The number of thiol groups is 1. The van der Waals surface area contributed by atoms with Crippen LogP contribution in [-0.4, -0.2) is 16.8 Å². The van der Waals surface area contributed by atoms with Crippen molar-refractivity contribution in [1.82, 2.24) is 0 Å². The molecule has 0 aliphatic heterocycles. The second-order valence-corrected chi connectivity index (χ2v) is 3.48. The summed E-state index contributed by atoms with van der Waals surface area (Å²) in [4.78, 5) is 10.0. The molecular weight excluding hydrogens is 168 g/mol. The SMILES string of the molecule is O=C(O)CCCCCSS. The van der Waals surface area contributed by atoms with E-state index in [0.29, 0.717) is 6.42 Å². The van der Waals surface area contributed by atoms with Crippen LogP contribution in [0.4, 0.5) is 0 Å². The second-order valence-electron chi connectivity index (χ2n) is 2.04. The van der Waals surface area contributed by atoms with E-state index in [1.54, 1.807) is 0 Å². The van der Waals surface area contributed by atoms with Gasteiger partial charge in [0.05, 0.1) is 0 Å². The number of unbranched alkanes of at least 4 members (excludes halogenated alkanes) is 2. The van der Waals surface area contributed by atoms with Gasteiger partial charge in [-0.1, -0.05) is 17.2 Å². The number of carboxylic acid groups (broad SMARTS) is 1. The number of aliphatic carboxylic acids is 1. The quantitative estimate of drug-likeness (QED) is 0.374. The summed E-state index contributed by atoms with van der Waals surface area (Å²) in [6.45, 7) is 0. The highest BCUT2D eigenvalue weighted by molar-refractivity contribution is 8.68. The molecule has 0 heterocycles. The molecule has 0 fully saturated rings. The third-order valence-corrected chi connectivity index (χ3v) is 2.15. The van der Waals surface area contributed by atoms with Gasteiger partial charge in [0.2, 0.25) is 0 Å². The highest BCUT2D eigenvalue weighted by Gasteiger charge is 1.94. The molecule has 0 radical (unpaired) electrons. The first-order valence-corrected chi connectivity index (χ1v) is 5.29. The third kappa shape index (κ3) is 8.17. The lowest BCUT2D eigenvalue weighted by Crippen LogP contribution is -1.93. The first kappa shape index (κ1) is 10.2. The summed E-state index contributed by atoms with van der Waals surface area (Å²) < 4.78 is 0. The Morgan fingerprint density at radius 2 is 2.10 bits per heavy atom. The van der Waals surface area contributed by atoms with E-state index in [-0.39, 0.29) is 0 Å².